The van der Waals surface area contributed by atoms with E-state index < -0.39 is 17.8 Å². The average molecular weight is 551 g/mol. The summed E-state index contributed by atoms with van der Waals surface area (Å²) in [6.07, 6.45) is -4.64. The molecule has 1 saturated heterocycles. The lowest BCUT2D eigenvalue weighted by Crippen LogP contribution is -2.48. The fourth-order valence-electron chi connectivity index (χ4n) is 3.62. The number of hydrogen-bond donors (Lipinski definition) is 0. The zero-order valence-electron chi connectivity index (χ0n) is 16.8. The number of benzene rings is 1. The highest BCUT2D eigenvalue weighted by Crippen LogP contribution is 2.33. The molecule has 0 spiro atoms. The average Bonchev–Trinajstić information content (AvgIpc) is 3.06. The number of amides is 1. The molecule has 3 aromatic rings. The molecular weight excluding hydrogens is 534 g/mol. The molecule has 1 aliphatic heterocycles. The highest BCUT2D eigenvalue weighted by Gasteiger charge is 2.37. The Morgan fingerprint density at radius 1 is 1.16 bits per heavy atom. The van der Waals surface area contributed by atoms with Crippen LogP contribution in [0.5, 0.6) is 0 Å². The second kappa shape index (κ2) is 8.81. The van der Waals surface area contributed by atoms with Crippen LogP contribution in [0, 0.1) is 6.92 Å². The lowest BCUT2D eigenvalue weighted by atomic mass is 10.2. The van der Waals surface area contributed by atoms with Crippen LogP contribution in [0.4, 0.5) is 13.2 Å². The van der Waals surface area contributed by atoms with Gasteiger partial charge in [-0.3, -0.25) is 9.69 Å². The van der Waals surface area contributed by atoms with Crippen LogP contribution in [0.2, 0.25) is 10.0 Å². The lowest BCUT2D eigenvalue weighted by Gasteiger charge is -2.34. The van der Waals surface area contributed by atoms with Crippen molar-refractivity contribution in [2.45, 2.75) is 19.6 Å². The number of piperazine rings is 1. The molecule has 32 heavy (non-hydrogen) atoms. The van der Waals surface area contributed by atoms with E-state index in [1.807, 2.05) is 0 Å². The normalized spacial score (nSPS) is 15.5. The van der Waals surface area contributed by atoms with Gasteiger partial charge in [0.2, 0.25) is 0 Å². The van der Waals surface area contributed by atoms with E-state index in [1.165, 1.54) is 6.92 Å². The number of rotatable bonds is 3. The van der Waals surface area contributed by atoms with Crippen LogP contribution in [-0.2, 0) is 12.7 Å². The van der Waals surface area contributed by atoms with Gasteiger partial charge in [-0.15, -0.1) is 0 Å². The van der Waals surface area contributed by atoms with E-state index in [4.69, 9.17) is 23.2 Å². The van der Waals surface area contributed by atoms with Gasteiger partial charge in [0.15, 0.2) is 11.3 Å². The van der Waals surface area contributed by atoms with Crippen molar-refractivity contribution in [3.05, 3.63) is 61.4 Å². The van der Waals surface area contributed by atoms with Crippen LogP contribution in [0.25, 0.3) is 5.65 Å². The summed E-state index contributed by atoms with van der Waals surface area (Å²) in [5.74, 6) is -0.455. The van der Waals surface area contributed by atoms with Crippen LogP contribution < -0.4 is 0 Å². The minimum Gasteiger partial charge on any atom is -0.335 e. The van der Waals surface area contributed by atoms with E-state index in [-0.39, 0.29) is 21.5 Å². The van der Waals surface area contributed by atoms with E-state index in [1.54, 1.807) is 23.1 Å². The van der Waals surface area contributed by atoms with Crippen molar-refractivity contribution in [3.8, 4) is 0 Å². The highest BCUT2D eigenvalue weighted by atomic mass is 79.9. The number of nitrogens with zero attached hydrogens (tertiary/aromatic N) is 5. The maximum atomic E-state index is 13.4. The molecule has 0 saturated carbocycles. The summed E-state index contributed by atoms with van der Waals surface area (Å²) in [5, 5.41) is 5.11. The number of halogens is 6. The largest absolute Gasteiger partial charge is 0.433 e. The smallest absolute Gasteiger partial charge is 0.335 e. The summed E-state index contributed by atoms with van der Waals surface area (Å²) in [4.78, 5) is 20.9. The molecule has 3 heterocycles. The third-order valence-electron chi connectivity index (χ3n) is 5.26. The van der Waals surface area contributed by atoms with Gasteiger partial charge in [0.1, 0.15) is 5.69 Å². The fraction of sp³-hybridized carbons (Fsp3) is 0.350. The predicted octanol–water partition coefficient (Wildman–Crippen LogP) is 5.08. The highest BCUT2D eigenvalue weighted by molar-refractivity contribution is 9.10. The Hall–Kier alpha value is -1.88. The summed E-state index contributed by atoms with van der Waals surface area (Å²) in [6, 6.07) is 6.22. The number of aryl methyl sites for hydroxylation is 1. The van der Waals surface area contributed by atoms with Crippen molar-refractivity contribution < 1.29 is 18.0 Å². The first-order chi connectivity index (χ1) is 15.1. The zero-order valence-corrected chi connectivity index (χ0v) is 19.9. The molecule has 1 amide bonds. The summed E-state index contributed by atoms with van der Waals surface area (Å²) < 4.78 is 41.2. The predicted molar refractivity (Wildman–Crippen MR) is 118 cm³/mol. The maximum Gasteiger partial charge on any atom is 0.433 e. The van der Waals surface area contributed by atoms with Crippen LogP contribution in [0.3, 0.4) is 0 Å². The van der Waals surface area contributed by atoms with Gasteiger partial charge in [-0.05, 0) is 41.1 Å². The summed E-state index contributed by atoms with van der Waals surface area (Å²) in [6.45, 7) is 3.89. The fourth-order valence-corrected chi connectivity index (χ4v) is 4.64. The summed E-state index contributed by atoms with van der Waals surface area (Å²) in [7, 11) is 0. The zero-order chi connectivity index (χ0) is 23.2. The molecule has 12 heteroatoms. The van der Waals surface area contributed by atoms with Crippen molar-refractivity contribution >= 4 is 50.7 Å². The standard InChI is InChI=1S/C20H17BrCl2F3N5O/c1-11-9-15(20(24,25)26)31-18(27-11)16(21)17(28-31)19(32)30-7-5-29(6-8-30)10-12-13(22)3-2-4-14(12)23/h2-4,9H,5-8,10H2,1H3. The summed E-state index contributed by atoms with van der Waals surface area (Å²) >= 11 is 15.7. The Kier molecular flexibility index (Phi) is 6.41. The Morgan fingerprint density at radius 2 is 1.78 bits per heavy atom. The molecular formula is C20H17BrCl2F3N5O. The van der Waals surface area contributed by atoms with E-state index in [2.05, 4.69) is 30.9 Å². The Bertz CT molecular complexity index is 1170. The molecule has 2 aromatic heterocycles. The summed E-state index contributed by atoms with van der Waals surface area (Å²) in [5.41, 5.74) is -0.138. The van der Waals surface area contributed by atoms with Gasteiger partial charge in [0.05, 0.1) is 4.47 Å². The Labute approximate surface area is 200 Å². The van der Waals surface area contributed by atoms with Gasteiger partial charge in [-0.1, -0.05) is 29.3 Å². The Morgan fingerprint density at radius 3 is 2.38 bits per heavy atom. The maximum absolute atomic E-state index is 13.4. The van der Waals surface area contributed by atoms with Crippen molar-refractivity contribution in [2.24, 2.45) is 0 Å². The van der Waals surface area contributed by atoms with Gasteiger partial charge < -0.3 is 4.90 Å². The number of fused-ring (bicyclic) bond motifs is 1. The van der Waals surface area contributed by atoms with Crippen molar-refractivity contribution in [1.82, 2.24) is 24.4 Å². The van der Waals surface area contributed by atoms with Crippen LogP contribution in [-0.4, -0.2) is 56.5 Å². The lowest BCUT2D eigenvalue weighted by molar-refractivity contribution is -0.142. The van der Waals surface area contributed by atoms with E-state index in [0.717, 1.165) is 11.6 Å². The van der Waals surface area contributed by atoms with Crippen LogP contribution >= 0.6 is 39.1 Å². The molecule has 0 radical (unpaired) electrons. The third kappa shape index (κ3) is 4.46. The van der Waals surface area contributed by atoms with Crippen molar-refractivity contribution in [1.29, 1.82) is 0 Å². The molecule has 1 aliphatic rings. The SMILES string of the molecule is Cc1cc(C(F)(F)F)n2nc(C(=O)N3CCN(Cc4c(Cl)cccc4Cl)CC3)c(Br)c2n1. The molecule has 0 atom stereocenters. The van der Waals surface area contributed by atoms with Crippen molar-refractivity contribution in [2.75, 3.05) is 26.2 Å². The van der Waals surface area contributed by atoms with E-state index in [9.17, 15) is 18.0 Å². The Balaban J connectivity index is 1.53. The molecule has 1 aromatic carbocycles. The second-order valence-electron chi connectivity index (χ2n) is 7.45. The molecule has 1 fully saturated rings. The number of carbonyl (C=O) groups excluding carboxylic acids is 1. The number of alkyl halides is 3. The minimum absolute atomic E-state index is 0.0485. The van der Waals surface area contributed by atoms with E-state index >= 15 is 0 Å². The topological polar surface area (TPSA) is 53.7 Å². The molecule has 4 rings (SSSR count). The molecule has 0 unspecified atom stereocenters. The quantitative estimate of drug-likeness (QED) is 0.456. The minimum atomic E-state index is -4.64. The molecule has 0 N–H and O–H groups in total. The molecule has 0 aliphatic carbocycles. The monoisotopic (exact) mass is 549 g/mol. The third-order valence-corrected chi connectivity index (χ3v) is 6.70. The van der Waals surface area contributed by atoms with Crippen LogP contribution in [0.1, 0.15) is 27.4 Å². The van der Waals surface area contributed by atoms with Crippen LogP contribution in [0.15, 0.2) is 28.7 Å². The number of carbonyl (C=O) groups is 1. The molecule has 6 nitrogen and oxygen atoms in total. The number of aromatic nitrogens is 3. The van der Waals surface area contributed by atoms with Gasteiger partial charge >= 0.3 is 6.18 Å². The first-order valence-electron chi connectivity index (χ1n) is 9.64. The first-order valence-corrected chi connectivity index (χ1v) is 11.2. The molecule has 0 bridgehead atoms. The van der Waals surface area contributed by atoms with E-state index in [0.29, 0.717) is 47.3 Å². The van der Waals surface area contributed by atoms with Gasteiger partial charge in [0.25, 0.3) is 5.91 Å². The van der Waals surface area contributed by atoms with Gasteiger partial charge in [0, 0.05) is 54.0 Å². The van der Waals surface area contributed by atoms with Gasteiger partial charge in [-0.2, -0.15) is 18.3 Å². The molecule has 170 valence electrons. The van der Waals surface area contributed by atoms with Crippen molar-refractivity contribution in [3.63, 3.8) is 0 Å². The number of hydrogen-bond acceptors (Lipinski definition) is 4. The second-order valence-corrected chi connectivity index (χ2v) is 9.05. The first kappa shape index (κ1) is 23.3. The van der Waals surface area contributed by atoms with Gasteiger partial charge in [-0.25, -0.2) is 9.50 Å².